The summed E-state index contributed by atoms with van der Waals surface area (Å²) >= 11 is 0. The van der Waals surface area contributed by atoms with Crippen LogP contribution in [0, 0.1) is 23.3 Å². The zero-order valence-electron chi connectivity index (χ0n) is 13.4. The van der Waals surface area contributed by atoms with E-state index in [1.54, 1.807) is 37.3 Å². The summed E-state index contributed by atoms with van der Waals surface area (Å²) in [5, 5.41) is 0. The lowest BCUT2D eigenvalue weighted by Crippen LogP contribution is -2.68. The van der Waals surface area contributed by atoms with Gasteiger partial charge in [0.05, 0.1) is 23.1 Å². The number of halogens is 4. The smallest absolute Gasteiger partial charge is 0.259 e. The SMILES string of the molecule is CN1C(=O)c2c(F)c(F)c(F)c(F)c2[C@@]12OC[C@@]2(C)c1ccccc1. The summed E-state index contributed by atoms with van der Waals surface area (Å²) in [6, 6.07) is 8.81. The van der Waals surface area contributed by atoms with Crippen molar-refractivity contribution < 1.29 is 27.1 Å². The van der Waals surface area contributed by atoms with Crippen molar-refractivity contribution in [2.24, 2.45) is 0 Å². The molecule has 130 valence electrons. The summed E-state index contributed by atoms with van der Waals surface area (Å²) in [4.78, 5) is 13.5. The van der Waals surface area contributed by atoms with Crippen LogP contribution >= 0.6 is 0 Å². The van der Waals surface area contributed by atoms with Crippen molar-refractivity contribution in [2.75, 3.05) is 13.7 Å². The molecule has 1 amide bonds. The van der Waals surface area contributed by atoms with Gasteiger partial charge in [-0.1, -0.05) is 30.3 Å². The largest absolute Gasteiger partial charge is 0.349 e. The number of carbonyl (C=O) groups excluding carboxylic acids is 1. The van der Waals surface area contributed by atoms with Crippen molar-refractivity contribution in [3.8, 4) is 0 Å². The quantitative estimate of drug-likeness (QED) is 0.447. The third-order valence-corrected chi connectivity index (χ3v) is 5.33. The molecule has 1 spiro atoms. The molecule has 25 heavy (non-hydrogen) atoms. The number of carbonyl (C=O) groups is 1. The average molecular weight is 351 g/mol. The van der Waals surface area contributed by atoms with Crippen LogP contribution in [0.25, 0.3) is 0 Å². The number of likely N-dealkylation sites (N-methyl/N-ethyl adjacent to an activating group) is 1. The van der Waals surface area contributed by atoms with Gasteiger partial charge in [-0.3, -0.25) is 4.79 Å². The van der Waals surface area contributed by atoms with Crippen LogP contribution in [0.4, 0.5) is 17.6 Å². The molecule has 2 aromatic rings. The van der Waals surface area contributed by atoms with Gasteiger partial charge in [0.2, 0.25) is 0 Å². The van der Waals surface area contributed by atoms with Gasteiger partial charge in [-0.25, -0.2) is 17.6 Å². The van der Waals surface area contributed by atoms with Crippen LogP contribution in [0.5, 0.6) is 0 Å². The number of hydrogen-bond donors (Lipinski definition) is 0. The molecular formula is C18H13F4NO2. The van der Waals surface area contributed by atoms with Crippen LogP contribution in [0.3, 0.4) is 0 Å². The summed E-state index contributed by atoms with van der Waals surface area (Å²) in [6.45, 7) is 1.82. The molecule has 0 unspecified atom stereocenters. The first kappa shape index (κ1) is 16.1. The molecule has 0 bridgehead atoms. The molecule has 2 atom stereocenters. The number of hydrogen-bond acceptors (Lipinski definition) is 2. The predicted octanol–water partition coefficient (Wildman–Crippen LogP) is 3.47. The van der Waals surface area contributed by atoms with Gasteiger partial charge in [-0.15, -0.1) is 0 Å². The normalized spacial score (nSPS) is 27.6. The van der Waals surface area contributed by atoms with E-state index in [0.29, 0.717) is 5.56 Å². The molecule has 3 nitrogen and oxygen atoms in total. The molecular weight excluding hydrogens is 338 g/mol. The molecule has 0 aromatic heterocycles. The molecule has 0 N–H and O–H groups in total. The van der Waals surface area contributed by atoms with E-state index in [9.17, 15) is 22.4 Å². The van der Waals surface area contributed by atoms with Crippen molar-refractivity contribution in [3.05, 3.63) is 70.3 Å². The van der Waals surface area contributed by atoms with E-state index in [2.05, 4.69) is 0 Å². The minimum absolute atomic E-state index is 0.105. The van der Waals surface area contributed by atoms with Crippen LogP contribution in [0.1, 0.15) is 28.4 Å². The molecule has 0 radical (unpaired) electrons. The first-order chi connectivity index (χ1) is 11.8. The topological polar surface area (TPSA) is 29.5 Å². The summed E-state index contributed by atoms with van der Waals surface area (Å²) in [5.74, 6) is -8.21. The van der Waals surface area contributed by atoms with Crippen molar-refractivity contribution >= 4 is 5.91 Å². The van der Waals surface area contributed by atoms with Crippen molar-refractivity contribution in [1.29, 1.82) is 0 Å². The minimum Gasteiger partial charge on any atom is -0.349 e. The second-order valence-electron chi connectivity index (χ2n) is 6.50. The molecule has 1 saturated heterocycles. The third kappa shape index (κ3) is 1.62. The second-order valence-corrected chi connectivity index (χ2v) is 6.50. The lowest BCUT2D eigenvalue weighted by atomic mass is 9.66. The van der Waals surface area contributed by atoms with Gasteiger partial charge >= 0.3 is 0 Å². The van der Waals surface area contributed by atoms with Crippen LogP contribution in [0.15, 0.2) is 30.3 Å². The third-order valence-electron chi connectivity index (χ3n) is 5.33. The lowest BCUT2D eigenvalue weighted by molar-refractivity contribution is -0.284. The maximum Gasteiger partial charge on any atom is 0.259 e. The Hall–Kier alpha value is -2.41. The fourth-order valence-corrected chi connectivity index (χ4v) is 3.95. The Labute approximate surface area is 140 Å². The van der Waals surface area contributed by atoms with Crippen molar-refractivity contribution in [3.63, 3.8) is 0 Å². The van der Waals surface area contributed by atoms with Gasteiger partial charge in [0.25, 0.3) is 5.91 Å². The molecule has 2 aliphatic heterocycles. The van der Waals surface area contributed by atoms with E-state index in [1.807, 2.05) is 0 Å². The second kappa shape index (κ2) is 4.82. The molecule has 1 fully saturated rings. The monoisotopic (exact) mass is 351 g/mol. The zero-order valence-corrected chi connectivity index (χ0v) is 13.4. The number of rotatable bonds is 1. The zero-order chi connectivity index (χ0) is 18.1. The van der Waals surface area contributed by atoms with Gasteiger partial charge in [0, 0.05) is 7.05 Å². The molecule has 4 rings (SSSR count). The van der Waals surface area contributed by atoms with Gasteiger partial charge in [0.15, 0.2) is 29.0 Å². The molecule has 2 heterocycles. The summed E-state index contributed by atoms with van der Waals surface area (Å²) < 4.78 is 62.0. The first-order valence-corrected chi connectivity index (χ1v) is 7.61. The summed E-state index contributed by atoms with van der Waals surface area (Å²) in [6.07, 6.45) is 0. The Balaban J connectivity index is 2.06. The molecule has 2 aromatic carbocycles. The highest BCUT2D eigenvalue weighted by Crippen LogP contribution is 2.59. The number of amides is 1. The molecule has 0 saturated carbocycles. The Morgan fingerprint density at radius 3 is 2.16 bits per heavy atom. The van der Waals surface area contributed by atoms with Gasteiger partial charge in [-0.05, 0) is 12.5 Å². The van der Waals surface area contributed by atoms with E-state index < -0.39 is 51.4 Å². The summed E-state index contributed by atoms with van der Waals surface area (Å²) in [5.41, 5.74) is -3.39. The molecule has 2 aliphatic rings. The Kier molecular flexibility index (Phi) is 3.10. The Morgan fingerprint density at radius 2 is 1.60 bits per heavy atom. The van der Waals surface area contributed by atoms with Crippen molar-refractivity contribution in [1.82, 2.24) is 4.90 Å². The van der Waals surface area contributed by atoms with E-state index in [1.165, 1.54) is 7.05 Å². The Morgan fingerprint density at radius 1 is 1.00 bits per heavy atom. The maximum absolute atomic E-state index is 14.6. The van der Waals surface area contributed by atoms with Crippen molar-refractivity contribution in [2.45, 2.75) is 18.1 Å². The van der Waals surface area contributed by atoms with E-state index >= 15 is 0 Å². The number of fused-ring (bicyclic) bond motifs is 2. The lowest BCUT2D eigenvalue weighted by Gasteiger charge is -2.58. The Bertz CT molecular complexity index is 917. The summed E-state index contributed by atoms with van der Waals surface area (Å²) in [7, 11) is 1.30. The number of ether oxygens (including phenoxy) is 1. The highest BCUT2D eigenvalue weighted by Gasteiger charge is 2.69. The maximum atomic E-state index is 14.6. The fourth-order valence-electron chi connectivity index (χ4n) is 3.95. The van der Waals surface area contributed by atoms with Crippen LogP contribution in [-0.4, -0.2) is 24.5 Å². The number of nitrogens with zero attached hydrogens (tertiary/aromatic N) is 1. The van der Waals surface area contributed by atoms with Gasteiger partial charge in [0.1, 0.15) is 0 Å². The van der Waals surface area contributed by atoms with E-state index in [4.69, 9.17) is 4.74 Å². The fraction of sp³-hybridized carbons (Fsp3) is 0.278. The average Bonchev–Trinajstić information content (AvgIpc) is 2.87. The number of benzene rings is 2. The minimum atomic E-state index is -2.00. The molecule has 7 heteroatoms. The van der Waals surface area contributed by atoms with Crippen LogP contribution in [-0.2, 0) is 15.9 Å². The highest BCUT2D eigenvalue weighted by atomic mass is 19.2. The van der Waals surface area contributed by atoms with Gasteiger partial charge in [-0.2, -0.15) is 0 Å². The van der Waals surface area contributed by atoms with Crippen LogP contribution in [0.2, 0.25) is 0 Å². The molecule has 0 aliphatic carbocycles. The first-order valence-electron chi connectivity index (χ1n) is 7.61. The van der Waals surface area contributed by atoms with E-state index in [-0.39, 0.29) is 6.61 Å². The van der Waals surface area contributed by atoms with E-state index in [0.717, 1.165) is 4.90 Å². The highest BCUT2D eigenvalue weighted by molar-refractivity contribution is 6.00. The standard InChI is InChI=1S/C18H13F4NO2/c1-17(9-6-4-3-5-7-9)8-25-18(17)11-10(16(24)23(18)2)12(19)14(21)15(22)13(11)20/h3-7H,8H2,1-2H3/t17-,18-/m0/s1. The van der Waals surface area contributed by atoms with Gasteiger partial charge < -0.3 is 9.64 Å². The van der Waals surface area contributed by atoms with Crippen LogP contribution < -0.4 is 0 Å². The predicted molar refractivity (Wildman–Crippen MR) is 79.8 cm³/mol.